The Labute approximate surface area is 184 Å². The molecule has 1 aromatic heterocycles. The van der Waals surface area contributed by atoms with Gasteiger partial charge in [-0.25, -0.2) is 8.42 Å². The second kappa shape index (κ2) is 8.93. The van der Waals surface area contributed by atoms with Crippen LogP contribution in [0, 0.1) is 11.3 Å². The second-order valence-corrected chi connectivity index (χ2v) is 10.1. The number of nitrogens with one attached hydrogen (secondary N) is 1. The number of aromatic nitrogens is 2. The van der Waals surface area contributed by atoms with Gasteiger partial charge in [-0.3, -0.25) is 4.79 Å². The summed E-state index contributed by atoms with van der Waals surface area (Å²) in [7, 11) is -3.73. The molecule has 3 aromatic rings. The Kier molecular flexibility index (Phi) is 6.08. The van der Waals surface area contributed by atoms with Crippen molar-refractivity contribution in [2.45, 2.75) is 23.7 Å². The molecule has 1 fully saturated rings. The number of carbonyl (C=O) groups excluding carboxylic acids is 1. The first-order valence-electron chi connectivity index (χ1n) is 9.67. The van der Waals surface area contributed by atoms with Crippen LogP contribution in [0.15, 0.2) is 59.5 Å². The van der Waals surface area contributed by atoms with Crippen molar-refractivity contribution in [3.05, 3.63) is 70.2 Å². The Morgan fingerprint density at radius 1 is 1.16 bits per heavy atom. The lowest BCUT2D eigenvalue weighted by atomic mass is 10.0. The van der Waals surface area contributed by atoms with Crippen molar-refractivity contribution in [3.8, 4) is 6.07 Å². The molecule has 1 unspecified atom stereocenters. The summed E-state index contributed by atoms with van der Waals surface area (Å²) in [4.78, 5) is 12.5. The number of piperidine rings is 1. The minimum Gasteiger partial charge on any atom is -0.320 e. The minimum absolute atomic E-state index is 0.104. The van der Waals surface area contributed by atoms with Gasteiger partial charge in [0.2, 0.25) is 15.0 Å². The Hall–Kier alpha value is -3.13. The normalized spacial score (nSPS) is 17.1. The average Bonchev–Trinajstić information content (AvgIpc) is 3.30. The standard InChI is InChI=1S/C21H19N5O3S2/c22-13-15-6-4-10-18(12-15)31(28,29)26-11-5-7-16(14-26)20-24-25-21(30-20)19(27)23-17-8-2-1-3-9-17/h1-4,6,8-10,12,16H,5,7,11,14H2,(H,23,27). The molecule has 158 valence electrons. The third-order valence-corrected chi connectivity index (χ3v) is 7.95. The zero-order valence-corrected chi connectivity index (χ0v) is 18.1. The van der Waals surface area contributed by atoms with Crippen LogP contribution in [0.25, 0.3) is 0 Å². The molecule has 2 heterocycles. The highest BCUT2D eigenvalue weighted by Gasteiger charge is 2.33. The molecule has 2 aromatic carbocycles. The lowest BCUT2D eigenvalue weighted by Gasteiger charge is -2.30. The maximum absolute atomic E-state index is 13.1. The second-order valence-electron chi connectivity index (χ2n) is 7.11. The molecule has 1 N–H and O–H groups in total. The van der Waals surface area contributed by atoms with E-state index in [0.29, 0.717) is 29.2 Å². The number of benzene rings is 2. The maximum Gasteiger partial charge on any atom is 0.286 e. The third-order valence-electron chi connectivity index (χ3n) is 5.00. The number of sulfonamides is 1. The number of amides is 1. The largest absolute Gasteiger partial charge is 0.320 e. The van der Waals surface area contributed by atoms with E-state index in [1.165, 1.54) is 27.8 Å². The monoisotopic (exact) mass is 453 g/mol. The number of carbonyl (C=O) groups is 1. The van der Waals surface area contributed by atoms with Gasteiger partial charge < -0.3 is 5.32 Å². The van der Waals surface area contributed by atoms with Gasteiger partial charge in [0, 0.05) is 24.7 Å². The van der Waals surface area contributed by atoms with Gasteiger partial charge in [0.15, 0.2) is 0 Å². The van der Waals surface area contributed by atoms with Crippen molar-refractivity contribution in [2.75, 3.05) is 18.4 Å². The Bertz CT molecular complexity index is 1240. The molecule has 10 heteroatoms. The number of anilines is 1. The Morgan fingerprint density at radius 2 is 1.97 bits per heavy atom. The SMILES string of the molecule is N#Cc1cccc(S(=O)(=O)N2CCCC(c3nnc(C(=O)Nc4ccccc4)s3)C2)c1. The summed E-state index contributed by atoms with van der Waals surface area (Å²) < 4.78 is 27.6. The van der Waals surface area contributed by atoms with Gasteiger partial charge in [-0.05, 0) is 43.2 Å². The number of hydrogen-bond donors (Lipinski definition) is 1. The van der Waals surface area contributed by atoms with Crippen LogP contribution < -0.4 is 5.32 Å². The molecule has 0 saturated carbocycles. The molecule has 1 atom stereocenters. The van der Waals surface area contributed by atoms with E-state index in [0.717, 1.165) is 6.42 Å². The molecule has 1 saturated heterocycles. The first kappa shape index (κ1) is 21.1. The molecule has 31 heavy (non-hydrogen) atoms. The van der Waals surface area contributed by atoms with E-state index in [-0.39, 0.29) is 28.3 Å². The third kappa shape index (κ3) is 4.64. The van der Waals surface area contributed by atoms with Crippen molar-refractivity contribution < 1.29 is 13.2 Å². The predicted molar refractivity (Wildman–Crippen MR) is 116 cm³/mol. The smallest absolute Gasteiger partial charge is 0.286 e. The van der Waals surface area contributed by atoms with E-state index >= 15 is 0 Å². The zero-order valence-electron chi connectivity index (χ0n) is 16.4. The van der Waals surface area contributed by atoms with Crippen molar-refractivity contribution in [3.63, 3.8) is 0 Å². The lowest BCUT2D eigenvalue weighted by Crippen LogP contribution is -2.39. The van der Waals surface area contributed by atoms with Crippen LogP contribution >= 0.6 is 11.3 Å². The van der Waals surface area contributed by atoms with E-state index in [2.05, 4.69) is 15.5 Å². The minimum atomic E-state index is -3.73. The summed E-state index contributed by atoms with van der Waals surface area (Å²) in [6.45, 7) is 0.657. The van der Waals surface area contributed by atoms with Crippen LogP contribution in [0.4, 0.5) is 5.69 Å². The highest BCUT2D eigenvalue weighted by molar-refractivity contribution is 7.89. The summed E-state index contributed by atoms with van der Waals surface area (Å²) in [5.41, 5.74) is 0.964. The van der Waals surface area contributed by atoms with Crippen molar-refractivity contribution in [1.29, 1.82) is 5.26 Å². The Balaban J connectivity index is 1.49. The van der Waals surface area contributed by atoms with E-state index in [9.17, 15) is 13.2 Å². The molecule has 1 aliphatic heterocycles. The van der Waals surface area contributed by atoms with Gasteiger partial charge in [0.1, 0.15) is 5.01 Å². The van der Waals surface area contributed by atoms with E-state index in [1.807, 2.05) is 24.3 Å². The molecular weight excluding hydrogens is 434 g/mol. The number of nitrogens with zero attached hydrogens (tertiary/aromatic N) is 4. The first-order valence-corrected chi connectivity index (χ1v) is 11.9. The summed E-state index contributed by atoms with van der Waals surface area (Å²) in [5.74, 6) is -0.484. The molecular formula is C21H19N5O3S2. The zero-order chi connectivity index (χ0) is 21.8. The predicted octanol–water partition coefficient (Wildman–Crippen LogP) is 3.23. The van der Waals surface area contributed by atoms with Crippen molar-refractivity contribution >= 4 is 33.0 Å². The van der Waals surface area contributed by atoms with Gasteiger partial charge in [0.25, 0.3) is 5.91 Å². The van der Waals surface area contributed by atoms with Crippen LogP contribution in [-0.2, 0) is 10.0 Å². The summed E-state index contributed by atoms with van der Waals surface area (Å²) >= 11 is 1.18. The quantitative estimate of drug-likeness (QED) is 0.634. The van der Waals surface area contributed by atoms with Gasteiger partial charge in [-0.15, -0.1) is 10.2 Å². The van der Waals surface area contributed by atoms with E-state index < -0.39 is 10.0 Å². The number of nitriles is 1. The number of rotatable bonds is 5. The molecule has 0 radical (unpaired) electrons. The fourth-order valence-corrected chi connectivity index (χ4v) is 5.87. The van der Waals surface area contributed by atoms with Gasteiger partial charge in [-0.2, -0.15) is 9.57 Å². The van der Waals surface area contributed by atoms with E-state index in [1.54, 1.807) is 24.3 Å². The van der Waals surface area contributed by atoms with E-state index in [4.69, 9.17) is 5.26 Å². The molecule has 1 amide bonds. The molecule has 8 nitrogen and oxygen atoms in total. The fraction of sp³-hybridized carbons (Fsp3) is 0.238. The topological polar surface area (TPSA) is 116 Å². The number of hydrogen-bond acceptors (Lipinski definition) is 7. The van der Waals surface area contributed by atoms with Crippen molar-refractivity contribution in [1.82, 2.24) is 14.5 Å². The van der Waals surface area contributed by atoms with Crippen molar-refractivity contribution in [2.24, 2.45) is 0 Å². The van der Waals surface area contributed by atoms with Crippen LogP contribution in [0.5, 0.6) is 0 Å². The first-order chi connectivity index (χ1) is 15.0. The lowest BCUT2D eigenvalue weighted by molar-refractivity contribution is 0.102. The molecule has 1 aliphatic rings. The summed E-state index contributed by atoms with van der Waals surface area (Å²) in [6, 6.07) is 17.1. The maximum atomic E-state index is 13.1. The van der Waals surface area contributed by atoms with Gasteiger partial charge in [-0.1, -0.05) is 35.6 Å². The molecule has 0 bridgehead atoms. The van der Waals surface area contributed by atoms with Gasteiger partial charge in [0.05, 0.1) is 16.5 Å². The molecule has 4 rings (SSSR count). The average molecular weight is 454 g/mol. The highest BCUT2D eigenvalue weighted by atomic mass is 32.2. The van der Waals surface area contributed by atoms with Crippen LogP contribution in [0.2, 0.25) is 0 Å². The fourth-order valence-electron chi connectivity index (χ4n) is 3.43. The molecule has 0 aliphatic carbocycles. The van der Waals surface area contributed by atoms with Gasteiger partial charge >= 0.3 is 0 Å². The van der Waals surface area contributed by atoms with Crippen LogP contribution in [-0.4, -0.2) is 41.9 Å². The number of para-hydroxylation sites is 1. The molecule has 0 spiro atoms. The highest BCUT2D eigenvalue weighted by Crippen LogP contribution is 2.32. The summed E-state index contributed by atoms with van der Waals surface area (Å²) in [6.07, 6.45) is 1.44. The summed E-state index contributed by atoms with van der Waals surface area (Å²) in [5, 5.41) is 20.9. The Morgan fingerprint density at radius 3 is 2.74 bits per heavy atom. The van der Waals surface area contributed by atoms with Crippen LogP contribution in [0.1, 0.15) is 39.1 Å². The van der Waals surface area contributed by atoms with Crippen LogP contribution in [0.3, 0.4) is 0 Å².